The van der Waals surface area contributed by atoms with Crippen molar-refractivity contribution in [3.8, 4) is 0 Å². The Morgan fingerprint density at radius 2 is 2.14 bits per heavy atom. The minimum atomic E-state index is 0.750. The molecule has 0 saturated heterocycles. The van der Waals surface area contributed by atoms with Crippen molar-refractivity contribution in [2.75, 3.05) is 0 Å². The summed E-state index contributed by atoms with van der Waals surface area (Å²) in [6, 6.07) is 0. The molecule has 0 nitrogen and oxygen atoms in total. The first kappa shape index (κ1) is 5.14. The van der Waals surface area contributed by atoms with Crippen LogP contribution in [0.2, 0.25) is 0 Å². The van der Waals surface area contributed by atoms with E-state index >= 15 is 0 Å². The summed E-state index contributed by atoms with van der Waals surface area (Å²) in [5, 5.41) is 0. The van der Waals surface area contributed by atoms with Crippen LogP contribution in [0.3, 0.4) is 0 Å². The van der Waals surface area contributed by atoms with Crippen molar-refractivity contribution in [1.29, 1.82) is 0 Å². The van der Waals surface area contributed by atoms with Crippen LogP contribution in [0.5, 0.6) is 0 Å². The molecule has 0 aromatic heterocycles. The summed E-state index contributed by atoms with van der Waals surface area (Å²) in [7, 11) is 0. The topological polar surface area (TPSA) is 0 Å². The average Bonchev–Trinajstić information content (AvgIpc) is 2.18. The lowest BCUT2D eigenvalue weighted by molar-refractivity contribution is 0.502. The summed E-state index contributed by atoms with van der Waals surface area (Å²) in [6.45, 7) is 6.99. The fourth-order valence-corrected chi connectivity index (χ4v) is 1.13. The highest BCUT2D eigenvalue weighted by molar-refractivity contribution is 4.94. The van der Waals surface area contributed by atoms with Gasteiger partial charge in [0.2, 0.25) is 0 Å². The minimum absolute atomic E-state index is 0.750. The predicted octanol–water partition coefficient (Wildman–Crippen LogP) is 2.44. The molecule has 0 heteroatoms. The van der Waals surface area contributed by atoms with Gasteiger partial charge in [0.1, 0.15) is 0 Å². The third-order valence-electron chi connectivity index (χ3n) is 2.61. The van der Waals surface area contributed by atoms with Crippen molar-refractivity contribution >= 4 is 0 Å². The van der Waals surface area contributed by atoms with Crippen LogP contribution in [0.1, 0.15) is 33.6 Å². The van der Waals surface area contributed by atoms with Crippen LogP contribution in [-0.2, 0) is 0 Å². The van der Waals surface area contributed by atoms with Gasteiger partial charge in [0.25, 0.3) is 0 Å². The molecule has 1 fully saturated rings. The maximum Gasteiger partial charge on any atom is -0.0300 e. The van der Waals surface area contributed by atoms with E-state index < -0.39 is 0 Å². The van der Waals surface area contributed by atoms with Gasteiger partial charge in [-0.05, 0) is 17.8 Å². The Morgan fingerprint density at radius 3 is 2.14 bits per heavy atom. The van der Waals surface area contributed by atoms with E-state index in [9.17, 15) is 0 Å². The highest BCUT2D eigenvalue weighted by Crippen LogP contribution is 2.53. The van der Waals surface area contributed by atoms with Crippen molar-refractivity contribution in [1.82, 2.24) is 0 Å². The second-order valence-electron chi connectivity index (χ2n) is 3.11. The highest BCUT2D eigenvalue weighted by Gasteiger charge is 2.44. The number of hydrogen-bond donors (Lipinski definition) is 0. The number of rotatable bonds is 1. The molecule has 0 aliphatic heterocycles. The first-order chi connectivity index (χ1) is 3.19. The molecule has 42 valence electrons. The fourth-order valence-electron chi connectivity index (χ4n) is 1.13. The Morgan fingerprint density at radius 1 is 1.71 bits per heavy atom. The lowest BCUT2D eigenvalue weighted by atomic mass is 10.0. The second-order valence-corrected chi connectivity index (χ2v) is 3.11. The van der Waals surface area contributed by atoms with Crippen LogP contribution in [0.15, 0.2) is 0 Å². The van der Waals surface area contributed by atoms with Gasteiger partial charge in [-0.3, -0.25) is 0 Å². The molecule has 2 atom stereocenters. The quantitative estimate of drug-likeness (QED) is 0.472. The zero-order valence-corrected chi connectivity index (χ0v) is 5.49. The van der Waals surface area contributed by atoms with Crippen LogP contribution in [0, 0.1) is 11.3 Å². The molecule has 0 amide bonds. The van der Waals surface area contributed by atoms with Crippen LogP contribution < -0.4 is 0 Å². The molecule has 1 unspecified atom stereocenters. The SMILES string of the molecule is CC[C@]1(C)CC1C. The first-order valence-corrected chi connectivity index (χ1v) is 3.19. The van der Waals surface area contributed by atoms with E-state index in [-0.39, 0.29) is 0 Å². The molecule has 0 aromatic rings. The smallest absolute Gasteiger partial charge is 0.0300 e. The third kappa shape index (κ3) is 0.667. The Balaban J connectivity index is 2.36. The van der Waals surface area contributed by atoms with E-state index in [1.807, 2.05) is 0 Å². The zero-order valence-electron chi connectivity index (χ0n) is 5.49. The Kier molecular flexibility index (Phi) is 0.911. The van der Waals surface area contributed by atoms with Crippen molar-refractivity contribution in [2.24, 2.45) is 11.3 Å². The lowest BCUT2D eigenvalue weighted by Crippen LogP contribution is -1.90. The number of hydrogen-bond acceptors (Lipinski definition) is 0. The summed E-state index contributed by atoms with van der Waals surface area (Å²) < 4.78 is 0. The first-order valence-electron chi connectivity index (χ1n) is 3.19. The summed E-state index contributed by atoms with van der Waals surface area (Å²) in [5.41, 5.74) is 0.750. The van der Waals surface area contributed by atoms with E-state index in [1.54, 1.807) is 0 Å². The maximum absolute atomic E-state index is 2.37. The van der Waals surface area contributed by atoms with Crippen molar-refractivity contribution < 1.29 is 0 Å². The molecule has 0 heterocycles. The maximum atomic E-state index is 2.37. The normalized spacial score (nSPS) is 49.3. The van der Waals surface area contributed by atoms with Crippen LogP contribution in [0.25, 0.3) is 0 Å². The van der Waals surface area contributed by atoms with Crippen LogP contribution in [-0.4, -0.2) is 0 Å². The summed E-state index contributed by atoms with van der Waals surface area (Å²) in [5.74, 6) is 1.01. The minimum Gasteiger partial charge on any atom is -0.0649 e. The largest absolute Gasteiger partial charge is 0.0649 e. The van der Waals surface area contributed by atoms with Crippen LogP contribution in [0.4, 0.5) is 0 Å². The predicted molar refractivity (Wildman–Crippen MR) is 32.2 cm³/mol. The molecule has 0 bridgehead atoms. The van der Waals surface area contributed by atoms with Gasteiger partial charge in [0.05, 0.1) is 0 Å². The molecular formula is C7H14. The summed E-state index contributed by atoms with van der Waals surface area (Å²) >= 11 is 0. The van der Waals surface area contributed by atoms with Gasteiger partial charge in [-0.1, -0.05) is 27.2 Å². The molecule has 1 rings (SSSR count). The fraction of sp³-hybridized carbons (Fsp3) is 1.00. The van der Waals surface area contributed by atoms with Crippen molar-refractivity contribution in [3.63, 3.8) is 0 Å². The van der Waals surface area contributed by atoms with Gasteiger partial charge in [-0.15, -0.1) is 0 Å². The Labute approximate surface area is 45.9 Å². The lowest BCUT2D eigenvalue weighted by Gasteiger charge is -2.00. The van der Waals surface area contributed by atoms with E-state index in [2.05, 4.69) is 20.8 Å². The highest BCUT2D eigenvalue weighted by atomic mass is 14.5. The molecule has 1 aliphatic carbocycles. The van der Waals surface area contributed by atoms with Gasteiger partial charge in [0, 0.05) is 0 Å². The van der Waals surface area contributed by atoms with E-state index in [1.165, 1.54) is 12.8 Å². The van der Waals surface area contributed by atoms with Crippen molar-refractivity contribution in [3.05, 3.63) is 0 Å². The van der Waals surface area contributed by atoms with Gasteiger partial charge in [-0.2, -0.15) is 0 Å². The second kappa shape index (κ2) is 1.24. The third-order valence-corrected chi connectivity index (χ3v) is 2.61. The van der Waals surface area contributed by atoms with Gasteiger partial charge in [-0.25, -0.2) is 0 Å². The van der Waals surface area contributed by atoms with E-state index in [0.29, 0.717) is 0 Å². The molecule has 0 aromatic carbocycles. The molecule has 0 N–H and O–H groups in total. The molecule has 0 spiro atoms. The summed E-state index contributed by atoms with van der Waals surface area (Å²) in [4.78, 5) is 0. The molecule has 1 saturated carbocycles. The zero-order chi connectivity index (χ0) is 5.49. The van der Waals surface area contributed by atoms with Gasteiger partial charge >= 0.3 is 0 Å². The molecule has 1 aliphatic rings. The van der Waals surface area contributed by atoms with E-state index in [0.717, 1.165) is 11.3 Å². The Hall–Kier alpha value is 0. The molecular weight excluding hydrogens is 84.1 g/mol. The Bertz CT molecular complexity index is 72.1. The summed E-state index contributed by atoms with van der Waals surface area (Å²) in [6.07, 6.45) is 2.83. The monoisotopic (exact) mass is 98.1 g/mol. The van der Waals surface area contributed by atoms with Gasteiger partial charge in [0.15, 0.2) is 0 Å². The van der Waals surface area contributed by atoms with Crippen molar-refractivity contribution in [2.45, 2.75) is 33.6 Å². The van der Waals surface area contributed by atoms with Gasteiger partial charge < -0.3 is 0 Å². The molecule has 0 radical (unpaired) electrons. The van der Waals surface area contributed by atoms with Crippen LogP contribution >= 0.6 is 0 Å². The molecule has 7 heavy (non-hydrogen) atoms. The van der Waals surface area contributed by atoms with E-state index in [4.69, 9.17) is 0 Å². The standard InChI is InChI=1S/C7H14/c1-4-7(3)5-6(7)2/h6H,4-5H2,1-3H3/t6?,7-/m1/s1. The average molecular weight is 98.2 g/mol.